The smallest absolute Gasteiger partial charge is 0.229 e. The Morgan fingerprint density at radius 3 is 2.29 bits per heavy atom. The van der Waals surface area contributed by atoms with Crippen LogP contribution in [0.5, 0.6) is 0 Å². The number of hydrogen-bond acceptors (Lipinski definition) is 3. The van der Waals surface area contributed by atoms with Gasteiger partial charge in [0.15, 0.2) is 0 Å². The van der Waals surface area contributed by atoms with Gasteiger partial charge in [0.05, 0.1) is 0 Å². The van der Waals surface area contributed by atoms with Crippen LogP contribution >= 0.6 is 0 Å². The molecule has 5 nitrogen and oxygen atoms in total. The molecule has 0 radical (unpaired) electrons. The van der Waals surface area contributed by atoms with Crippen molar-refractivity contribution >= 4 is 17.7 Å². The summed E-state index contributed by atoms with van der Waals surface area (Å²) in [6.45, 7) is 0.819. The fourth-order valence-corrected chi connectivity index (χ4v) is 3.85. The number of imide groups is 1. The summed E-state index contributed by atoms with van der Waals surface area (Å²) in [5.41, 5.74) is 1.31. The van der Waals surface area contributed by atoms with E-state index in [1.54, 1.807) is 0 Å². The fourth-order valence-electron chi connectivity index (χ4n) is 3.85. The molecule has 0 atom stereocenters. The van der Waals surface area contributed by atoms with Gasteiger partial charge in [-0.3, -0.25) is 19.3 Å². The predicted octanol–water partition coefficient (Wildman–Crippen LogP) is 2.15. The number of nitrogens with one attached hydrogen (secondary N) is 1. The highest BCUT2D eigenvalue weighted by atomic mass is 16.2. The highest BCUT2D eigenvalue weighted by Crippen LogP contribution is 2.40. The molecule has 1 heterocycles. The summed E-state index contributed by atoms with van der Waals surface area (Å²) in [7, 11) is 0. The van der Waals surface area contributed by atoms with Gasteiger partial charge in [0.1, 0.15) is 0 Å². The second kappa shape index (κ2) is 7.16. The Balaban J connectivity index is 1.54. The summed E-state index contributed by atoms with van der Waals surface area (Å²) in [4.78, 5) is 36.5. The number of amides is 3. The summed E-state index contributed by atoms with van der Waals surface area (Å²) in [5.74, 6) is -0.418. The molecule has 1 aromatic rings. The van der Waals surface area contributed by atoms with Crippen molar-refractivity contribution in [2.45, 2.75) is 50.4 Å². The summed E-state index contributed by atoms with van der Waals surface area (Å²) in [6, 6.07) is 10.4. The molecule has 24 heavy (non-hydrogen) atoms. The SMILES string of the molecule is O=C(CCN1C(=O)CCC1=O)NCC1(c2ccccc2)CCCC1. The summed E-state index contributed by atoms with van der Waals surface area (Å²) >= 11 is 0. The first-order valence-corrected chi connectivity index (χ1v) is 8.76. The summed E-state index contributed by atoms with van der Waals surface area (Å²) in [5, 5.41) is 3.03. The number of rotatable bonds is 6. The lowest BCUT2D eigenvalue weighted by Crippen LogP contribution is -2.40. The van der Waals surface area contributed by atoms with E-state index in [2.05, 4.69) is 17.4 Å². The Hall–Kier alpha value is -2.17. The molecule has 2 aliphatic rings. The van der Waals surface area contributed by atoms with Crippen LogP contribution in [0.3, 0.4) is 0 Å². The molecule has 3 rings (SSSR count). The van der Waals surface area contributed by atoms with Gasteiger partial charge in [-0.25, -0.2) is 0 Å². The van der Waals surface area contributed by atoms with Crippen LogP contribution in [0, 0.1) is 0 Å². The van der Waals surface area contributed by atoms with E-state index in [1.807, 2.05) is 18.2 Å². The number of carbonyl (C=O) groups excluding carboxylic acids is 3. The topological polar surface area (TPSA) is 66.5 Å². The number of benzene rings is 1. The average Bonchev–Trinajstić information content (AvgIpc) is 3.20. The maximum absolute atomic E-state index is 12.2. The van der Waals surface area contributed by atoms with Gasteiger partial charge >= 0.3 is 0 Å². The molecule has 1 saturated heterocycles. The van der Waals surface area contributed by atoms with Crippen molar-refractivity contribution in [1.82, 2.24) is 10.2 Å². The molecule has 0 aromatic heterocycles. The van der Waals surface area contributed by atoms with Crippen LogP contribution < -0.4 is 5.32 Å². The molecule has 1 aliphatic heterocycles. The van der Waals surface area contributed by atoms with E-state index >= 15 is 0 Å². The zero-order valence-corrected chi connectivity index (χ0v) is 13.9. The van der Waals surface area contributed by atoms with Gasteiger partial charge in [0, 0.05) is 37.8 Å². The fraction of sp³-hybridized carbons (Fsp3) is 0.526. The normalized spacial score (nSPS) is 19.8. The van der Waals surface area contributed by atoms with E-state index < -0.39 is 0 Å². The van der Waals surface area contributed by atoms with Crippen LogP contribution in [0.15, 0.2) is 30.3 Å². The molecule has 0 bridgehead atoms. The van der Waals surface area contributed by atoms with E-state index in [-0.39, 0.29) is 48.9 Å². The first kappa shape index (κ1) is 16.7. The molecule has 3 amide bonds. The molecular formula is C19H24N2O3. The first-order chi connectivity index (χ1) is 11.6. The molecular weight excluding hydrogens is 304 g/mol. The van der Waals surface area contributed by atoms with E-state index in [4.69, 9.17) is 0 Å². The second-order valence-electron chi connectivity index (χ2n) is 6.82. The number of hydrogen-bond donors (Lipinski definition) is 1. The van der Waals surface area contributed by atoms with Crippen molar-refractivity contribution in [1.29, 1.82) is 0 Å². The molecule has 1 aliphatic carbocycles. The van der Waals surface area contributed by atoms with Crippen molar-refractivity contribution in [2.75, 3.05) is 13.1 Å². The van der Waals surface area contributed by atoms with Gasteiger partial charge in [-0.05, 0) is 18.4 Å². The quantitative estimate of drug-likeness (QED) is 0.814. The average molecular weight is 328 g/mol. The molecule has 1 aromatic carbocycles. The molecule has 5 heteroatoms. The molecule has 1 N–H and O–H groups in total. The van der Waals surface area contributed by atoms with E-state index in [0.29, 0.717) is 6.54 Å². The largest absolute Gasteiger partial charge is 0.355 e. The third kappa shape index (κ3) is 3.50. The van der Waals surface area contributed by atoms with Gasteiger partial charge in [0.25, 0.3) is 0 Å². The number of nitrogens with zero attached hydrogens (tertiary/aromatic N) is 1. The minimum absolute atomic E-state index is 0.0240. The summed E-state index contributed by atoms with van der Waals surface area (Å²) < 4.78 is 0. The van der Waals surface area contributed by atoms with Gasteiger partial charge < -0.3 is 5.32 Å². The first-order valence-electron chi connectivity index (χ1n) is 8.76. The second-order valence-corrected chi connectivity index (χ2v) is 6.82. The lowest BCUT2D eigenvalue weighted by molar-refractivity contribution is -0.138. The Kier molecular flexibility index (Phi) is 4.97. The van der Waals surface area contributed by atoms with Gasteiger partial charge in [-0.15, -0.1) is 0 Å². The van der Waals surface area contributed by atoms with Crippen LogP contribution in [0.2, 0.25) is 0 Å². The molecule has 1 saturated carbocycles. The van der Waals surface area contributed by atoms with Crippen LogP contribution in [-0.2, 0) is 19.8 Å². The summed E-state index contributed by atoms with van der Waals surface area (Å²) in [6.07, 6.45) is 5.27. The molecule has 0 unspecified atom stereocenters. The van der Waals surface area contributed by atoms with Crippen LogP contribution in [0.4, 0.5) is 0 Å². The Labute approximate surface area is 142 Å². The minimum Gasteiger partial charge on any atom is -0.355 e. The monoisotopic (exact) mass is 328 g/mol. The number of likely N-dealkylation sites (tertiary alicyclic amines) is 1. The van der Waals surface area contributed by atoms with Crippen molar-refractivity contribution in [3.05, 3.63) is 35.9 Å². The minimum atomic E-state index is -0.163. The maximum atomic E-state index is 12.2. The van der Waals surface area contributed by atoms with Crippen molar-refractivity contribution < 1.29 is 14.4 Å². The standard InChI is InChI=1S/C19H24N2O3/c22-16(10-13-21-17(23)8-9-18(21)24)20-14-19(11-4-5-12-19)15-6-2-1-3-7-15/h1-3,6-7H,4-5,8-14H2,(H,20,22). The predicted molar refractivity (Wildman–Crippen MR) is 90.2 cm³/mol. The van der Waals surface area contributed by atoms with E-state index in [9.17, 15) is 14.4 Å². The van der Waals surface area contributed by atoms with Crippen LogP contribution in [0.25, 0.3) is 0 Å². The third-order valence-corrected chi connectivity index (χ3v) is 5.29. The van der Waals surface area contributed by atoms with E-state index in [0.717, 1.165) is 12.8 Å². The third-order valence-electron chi connectivity index (χ3n) is 5.29. The van der Waals surface area contributed by atoms with Gasteiger partial charge in [0.2, 0.25) is 17.7 Å². The lowest BCUT2D eigenvalue weighted by Gasteiger charge is -2.30. The maximum Gasteiger partial charge on any atom is 0.229 e. The highest BCUT2D eigenvalue weighted by molar-refractivity contribution is 6.02. The number of carbonyl (C=O) groups is 3. The molecule has 0 spiro atoms. The Morgan fingerprint density at radius 2 is 1.67 bits per heavy atom. The van der Waals surface area contributed by atoms with Crippen molar-refractivity contribution in [2.24, 2.45) is 0 Å². The van der Waals surface area contributed by atoms with Crippen molar-refractivity contribution in [3.8, 4) is 0 Å². The Morgan fingerprint density at radius 1 is 1.04 bits per heavy atom. The molecule has 2 fully saturated rings. The van der Waals surface area contributed by atoms with Crippen LogP contribution in [0.1, 0.15) is 50.5 Å². The van der Waals surface area contributed by atoms with Crippen molar-refractivity contribution in [3.63, 3.8) is 0 Å². The van der Waals surface area contributed by atoms with Gasteiger partial charge in [-0.1, -0.05) is 43.2 Å². The molecule has 128 valence electrons. The zero-order chi connectivity index (χ0) is 17.0. The van der Waals surface area contributed by atoms with Crippen LogP contribution in [-0.4, -0.2) is 35.7 Å². The lowest BCUT2D eigenvalue weighted by atomic mass is 9.79. The zero-order valence-electron chi connectivity index (χ0n) is 13.9. The Bertz CT molecular complexity index is 605. The van der Waals surface area contributed by atoms with E-state index in [1.165, 1.54) is 23.3 Å². The van der Waals surface area contributed by atoms with Gasteiger partial charge in [-0.2, -0.15) is 0 Å². The highest BCUT2D eigenvalue weighted by Gasteiger charge is 2.36.